The molecule has 1 aliphatic heterocycles. The first-order valence-electron chi connectivity index (χ1n) is 3.58. The molecule has 66 valence electrons. The first-order chi connectivity index (χ1) is 6.00. The van der Waals surface area contributed by atoms with Crippen molar-refractivity contribution in [1.82, 2.24) is 9.71 Å². The molecule has 6 heteroatoms. The summed E-state index contributed by atoms with van der Waals surface area (Å²) in [5.74, 6) is -0.977. The molecule has 0 unspecified atom stereocenters. The lowest BCUT2D eigenvalue weighted by Gasteiger charge is -2.32. The highest BCUT2D eigenvalue weighted by Gasteiger charge is 2.33. The Morgan fingerprint density at radius 3 is 2.38 bits per heavy atom. The van der Waals surface area contributed by atoms with E-state index in [2.05, 4.69) is 0 Å². The molecule has 0 aromatic carbocycles. The van der Waals surface area contributed by atoms with Gasteiger partial charge in [-0.3, -0.25) is 14.5 Å². The normalized spacial score (nSPS) is 21.7. The summed E-state index contributed by atoms with van der Waals surface area (Å²) in [6.45, 7) is 1.60. The van der Waals surface area contributed by atoms with E-state index in [0.717, 1.165) is 9.71 Å². The lowest BCUT2D eigenvalue weighted by Crippen LogP contribution is -2.53. The maximum Gasteiger partial charge on any atom is 0.264 e. The number of likely N-dealkylation sites (N-methyl/N-ethyl adjacent to an activating group) is 1. The fraction of sp³-hybridized carbons (Fsp3) is 0.286. The van der Waals surface area contributed by atoms with Crippen LogP contribution < -0.4 is 0 Å². The molecule has 0 spiro atoms. The van der Waals surface area contributed by atoms with Gasteiger partial charge in [0, 0.05) is 7.05 Å². The summed E-state index contributed by atoms with van der Waals surface area (Å²) in [4.78, 5) is 24.7. The van der Waals surface area contributed by atoms with Gasteiger partial charge in [0.25, 0.3) is 11.8 Å². The molecule has 1 saturated heterocycles. The fourth-order valence-corrected chi connectivity index (χ4v) is 1.15. The van der Waals surface area contributed by atoms with Gasteiger partial charge in [-0.1, -0.05) is 6.08 Å². The standard InChI is InChI=1S/C7H7BN2O2S/c1-3-4-5(11)9(2)7(13)10(8)6(4)12/h3H,1-2H3/b4-3-. The van der Waals surface area contributed by atoms with Crippen LogP contribution in [0.2, 0.25) is 0 Å². The molecule has 0 bridgehead atoms. The summed E-state index contributed by atoms with van der Waals surface area (Å²) in [6, 6.07) is 0. The van der Waals surface area contributed by atoms with Gasteiger partial charge in [-0.05, 0) is 19.1 Å². The van der Waals surface area contributed by atoms with Crippen LogP contribution in [0.3, 0.4) is 0 Å². The molecule has 1 fully saturated rings. The number of carbonyl (C=O) groups is 2. The van der Waals surface area contributed by atoms with Gasteiger partial charge >= 0.3 is 0 Å². The molecule has 0 N–H and O–H groups in total. The van der Waals surface area contributed by atoms with Crippen molar-refractivity contribution in [1.29, 1.82) is 0 Å². The second-order valence-electron chi connectivity index (χ2n) is 2.52. The van der Waals surface area contributed by atoms with Gasteiger partial charge in [-0.25, -0.2) is 0 Å². The molecule has 0 aromatic rings. The quantitative estimate of drug-likeness (QED) is 0.228. The van der Waals surface area contributed by atoms with Gasteiger partial charge in [0.1, 0.15) is 0 Å². The van der Waals surface area contributed by atoms with Crippen molar-refractivity contribution < 1.29 is 9.59 Å². The summed E-state index contributed by atoms with van der Waals surface area (Å²) in [5, 5.41) is 0.0144. The Morgan fingerprint density at radius 2 is 1.92 bits per heavy atom. The molecule has 4 nitrogen and oxygen atoms in total. The molecule has 1 aliphatic rings. The minimum Gasteiger partial charge on any atom is -0.342 e. The lowest BCUT2D eigenvalue weighted by molar-refractivity contribution is -0.130. The number of thiocarbonyl (C=S) groups is 1. The van der Waals surface area contributed by atoms with E-state index >= 15 is 0 Å². The maximum atomic E-state index is 11.4. The predicted octanol–water partition coefficient (Wildman–Crippen LogP) is -0.398. The van der Waals surface area contributed by atoms with E-state index in [1.54, 1.807) is 6.92 Å². The molecular weight excluding hydrogens is 187 g/mol. The molecule has 2 radical (unpaired) electrons. The molecule has 2 amide bonds. The van der Waals surface area contributed by atoms with E-state index in [0.29, 0.717) is 0 Å². The molecule has 1 rings (SSSR count). The van der Waals surface area contributed by atoms with Crippen LogP contribution in [0.15, 0.2) is 11.6 Å². The van der Waals surface area contributed by atoms with Crippen LogP contribution in [0, 0.1) is 0 Å². The summed E-state index contributed by atoms with van der Waals surface area (Å²) in [6.07, 6.45) is 1.42. The van der Waals surface area contributed by atoms with Crippen molar-refractivity contribution in [3.8, 4) is 0 Å². The zero-order chi connectivity index (χ0) is 10.2. The average Bonchev–Trinajstić information content (AvgIpc) is 2.13. The largest absolute Gasteiger partial charge is 0.342 e. The van der Waals surface area contributed by atoms with Crippen LogP contribution in [0.5, 0.6) is 0 Å². The minimum absolute atomic E-state index is 0.0144. The van der Waals surface area contributed by atoms with E-state index in [-0.39, 0.29) is 10.7 Å². The van der Waals surface area contributed by atoms with Gasteiger partial charge in [0.05, 0.1) is 5.57 Å². The van der Waals surface area contributed by atoms with Gasteiger partial charge in [0.15, 0.2) is 5.11 Å². The van der Waals surface area contributed by atoms with Crippen molar-refractivity contribution in [3.05, 3.63) is 11.6 Å². The highest BCUT2D eigenvalue weighted by atomic mass is 32.1. The van der Waals surface area contributed by atoms with Crippen LogP contribution in [0.25, 0.3) is 0 Å². The smallest absolute Gasteiger partial charge is 0.264 e. The monoisotopic (exact) mass is 194 g/mol. The molecule has 0 aromatic heterocycles. The zero-order valence-electron chi connectivity index (χ0n) is 7.27. The Labute approximate surface area is 82.6 Å². The van der Waals surface area contributed by atoms with E-state index in [9.17, 15) is 9.59 Å². The maximum absolute atomic E-state index is 11.4. The number of allylic oxidation sites excluding steroid dienone is 1. The van der Waals surface area contributed by atoms with Crippen molar-refractivity contribution in [2.75, 3.05) is 7.05 Å². The van der Waals surface area contributed by atoms with Crippen molar-refractivity contribution >= 4 is 37.1 Å². The van der Waals surface area contributed by atoms with Gasteiger partial charge in [-0.15, -0.1) is 0 Å². The summed E-state index contributed by atoms with van der Waals surface area (Å²) < 4.78 is 0. The number of hydrogen-bond donors (Lipinski definition) is 0. The highest BCUT2D eigenvalue weighted by molar-refractivity contribution is 7.80. The van der Waals surface area contributed by atoms with Crippen molar-refractivity contribution in [2.24, 2.45) is 0 Å². The average molecular weight is 194 g/mol. The fourth-order valence-electron chi connectivity index (χ4n) is 0.984. The zero-order valence-corrected chi connectivity index (χ0v) is 8.09. The van der Waals surface area contributed by atoms with E-state index < -0.39 is 11.8 Å². The third-order valence-electron chi connectivity index (χ3n) is 1.77. The summed E-state index contributed by atoms with van der Waals surface area (Å²) in [7, 11) is 6.82. The molecular formula is C7H7BN2O2S. The number of hydrogen-bond acceptors (Lipinski definition) is 3. The number of amides is 2. The first kappa shape index (κ1) is 9.92. The minimum atomic E-state index is -0.560. The van der Waals surface area contributed by atoms with E-state index in [4.69, 9.17) is 20.2 Å². The highest BCUT2D eigenvalue weighted by Crippen LogP contribution is 2.13. The summed E-state index contributed by atoms with van der Waals surface area (Å²) in [5.41, 5.74) is 0.0404. The molecule has 13 heavy (non-hydrogen) atoms. The third-order valence-corrected chi connectivity index (χ3v) is 2.24. The SMILES string of the molecule is [B]N1C(=O)/C(=C\C)C(=O)N(C)C1=S. The summed E-state index contributed by atoms with van der Waals surface area (Å²) >= 11 is 4.76. The second kappa shape index (κ2) is 3.29. The number of carbonyl (C=O) groups excluding carboxylic acids is 2. The predicted molar refractivity (Wildman–Crippen MR) is 51.7 cm³/mol. The first-order valence-corrected chi connectivity index (χ1v) is 3.99. The van der Waals surface area contributed by atoms with Crippen LogP contribution >= 0.6 is 12.2 Å². The molecule has 0 saturated carbocycles. The topological polar surface area (TPSA) is 40.6 Å². The van der Waals surface area contributed by atoms with Crippen LogP contribution in [0.1, 0.15) is 6.92 Å². The van der Waals surface area contributed by atoms with Crippen LogP contribution in [-0.2, 0) is 9.59 Å². The van der Waals surface area contributed by atoms with Crippen LogP contribution in [-0.4, -0.2) is 41.7 Å². The lowest BCUT2D eigenvalue weighted by atomic mass is 10.1. The Hall–Kier alpha value is -1.17. The Morgan fingerprint density at radius 1 is 1.38 bits per heavy atom. The third kappa shape index (κ3) is 1.37. The van der Waals surface area contributed by atoms with E-state index in [1.165, 1.54) is 13.1 Å². The van der Waals surface area contributed by atoms with Gasteiger partial charge < -0.3 is 4.81 Å². The van der Waals surface area contributed by atoms with Gasteiger partial charge in [0.2, 0.25) is 7.98 Å². The van der Waals surface area contributed by atoms with E-state index in [1.807, 2.05) is 0 Å². The Kier molecular flexibility index (Phi) is 2.51. The molecule has 0 aliphatic carbocycles. The number of rotatable bonds is 0. The Bertz CT molecular complexity index is 300. The molecule has 0 atom stereocenters. The second-order valence-corrected chi connectivity index (χ2v) is 2.89. The van der Waals surface area contributed by atoms with Crippen molar-refractivity contribution in [2.45, 2.75) is 6.92 Å². The van der Waals surface area contributed by atoms with Crippen LogP contribution in [0.4, 0.5) is 0 Å². The Balaban J connectivity index is 3.14. The molecule has 1 heterocycles. The van der Waals surface area contributed by atoms with Crippen molar-refractivity contribution in [3.63, 3.8) is 0 Å². The van der Waals surface area contributed by atoms with Gasteiger partial charge in [-0.2, -0.15) is 0 Å². The number of nitrogens with zero attached hydrogens (tertiary/aromatic N) is 2.